The molecule has 1 aromatic rings. The monoisotopic (exact) mass is 262 g/mol. The van der Waals surface area contributed by atoms with E-state index in [-0.39, 0.29) is 5.91 Å². The first kappa shape index (κ1) is 13.9. The lowest BCUT2D eigenvalue weighted by atomic mass is 9.99. The molecule has 0 unspecified atom stereocenters. The SMILES string of the molecule is COc1ccc2c(c1)CN(CCC(=O)N(C)C)CC2. The van der Waals surface area contributed by atoms with E-state index >= 15 is 0 Å². The number of nitrogens with zero attached hydrogens (tertiary/aromatic N) is 2. The fraction of sp³-hybridized carbons (Fsp3) is 0.533. The fourth-order valence-corrected chi connectivity index (χ4v) is 2.39. The van der Waals surface area contributed by atoms with Crippen molar-refractivity contribution in [2.24, 2.45) is 0 Å². The Morgan fingerprint density at radius 3 is 2.84 bits per heavy atom. The summed E-state index contributed by atoms with van der Waals surface area (Å²) in [4.78, 5) is 15.6. The van der Waals surface area contributed by atoms with E-state index in [1.165, 1.54) is 11.1 Å². The van der Waals surface area contributed by atoms with E-state index < -0.39 is 0 Å². The predicted octanol–water partition coefficient (Wildman–Crippen LogP) is 1.53. The van der Waals surface area contributed by atoms with Gasteiger partial charge in [-0.2, -0.15) is 0 Å². The highest BCUT2D eigenvalue weighted by molar-refractivity contribution is 5.75. The topological polar surface area (TPSA) is 32.8 Å². The zero-order valence-electron chi connectivity index (χ0n) is 12.0. The molecule has 1 aliphatic rings. The first-order valence-corrected chi connectivity index (χ1v) is 6.68. The lowest BCUT2D eigenvalue weighted by Gasteiger charge is -2.29. The molecule has 1 aromatic carbocycles. The van der Waals surface area contributed by atoms with Gasteiger partial charge in [-0.1, -0.05) is 6.07 Å². The number of rotatable bonds is 4. The number of carbonyl (C=O) groups is 1. The molecule has 0 spiro atoms. The summed E-state index contributed by atoms with van der Waals surface area (Å²) >= 11 is 0. The highest BCUT2D eigenvalue weighted by Crippen LogP contribution is 2.23. The van der Waals surface area contributed by atoms with Gasteiger partial charge < -0.3 is 9.64 Å². The van der Waals surface area contributed by atoms with E-state index in [1.807, 2.05) is 6.07 Å². The summed E-state index contributed by atoms with van der Waals surface area (Å²) in [5, 5.41) is 0. The molecule has 1 amide bonds. The van der Waals surface area contributed by atoms with Crippen molar-refractivity contribution in [3.8, 4) is 5.75 Å². The van der Waals surface area contributed by atoms with E-state index in [9.17, 15) is 4.79 Å². The number of hydrogen-bond donors (Lipinski definition) is 0. The molecule has 4 nitrogen and oxygen atoms in total. The van der Waals surface area contributed by atoms with E-state index in [1.54, 1.807) is 26.1 Å². The fourth-order valence-electron chi connectivity index (χ4n) is 2.39. The molecule has 0 N–H and O–H groups in total. The zero-order chi connectivity index (χ0) is 13.8. The Bertz CT molecular complexity index is 457. The molecule has 0 saturated heterocycles. The van der Waals surface area contributed by atoms with Crippen molar-refractivity contribution in [3.63, 3.8) is 0 Å². The molecule has 1 aliphatic heterocycles. The van der Waals surface area contributed by atoms with Gasteiger partial charge in [0.1, 0.15) is 5.75 Å². The summed E-state index contributed by atoms with van der Waals surface area (Å²) in [6.45, 7) is 2.76. The summed E-state index contributed by atoms with van der Waals surface area (Å²) < 4.78 is 5.27. The third kappa shape index (κ3) is 3.47. The van der Waals surface area contributed by atoms with Crippen LogP contribution in [0.25, 0.3) is 0 Å². The van der Waals surface area contributed by atoms with Gasteiger partial charge >= 0.3 is 0 Å². The summed E-state index contributed by atoms with van der Waals surface area (Å²) in [6, 6.07) is 6.27. The molecule has 0 fully saturated rings. The smallest absolute Gasteiger partial charge is 0.223 e. The Balaban J connectivity index is 1.95. The molecule has 0 radical (unpaired) electrons. The second kappa shape index (κ2) is 6.06. The number of benzene rings is 1. The van der Waals surface area contributed by atoms with Crippen LogP contribution >= 0.6 is 0 Å². The summed E-state index contributed by atoms with van der Waals surface area (Å²) in [7, 11) is 5.30. The molecule has 1 heterocycles. The third-order valence-corrected chi connectivity index (χ3v) is 3.65. The number of amides is 1. The van der Waals surface area contributed by atoms with Gasteiger partial charge in [-0.3, -0.25) is 9.69 Å². The average Bonchev–Trinajstić information content (AvgIpc) is 2.43. The number of fused-ring (bicyclic) bond motifs is 1. The molecule has 104 valence electrons. The molecular weight excluding hydrogens is 240 g/mol. The molecular formula is C15H22N2O2. The van der Waals surface area contributed by atoms with E-state index in [4.69, 9.17) is 4.74 Å². The maximum atomic E-state index is 11.6. The first-order chi connectivity index (χ1) is 9.10. The normalized spacial score (nSPS) is 14.9. The summed E-state index contributed by atoms with van der Waals surface area (Å²) in [6.07, 6.45) is 1.64. The second-order valence-electron chi connectivity index (χ2n) is 5.20. The number of hydrogen-bond acceptors (Lipinski definition) is 3. The molecule has 19 heavy (non-hydrogen) atoms. The summed E-state index contributed by atoms with van der Waals surface area (Å²) in [5.74, 6) is 1.10. The second-order valence-corrected chi connectivity index (χ2v) is 5.20. The van der Waals surface area contributed by atoms with Crippen LogP contribution in [-0.2, 0) is 17.8 Å². The quantitative estimate of drug-likeness (QED) is 0.825. The highest BCUT2D eigenvalue weighted by Gasteiger charge is 2.17. The minimum Gasteiger partial charge on any atom is -0.497 e. The van der Waals surface area contributed by atoms with Crippen LogP contribution in [-0.4, -0.2) is 50.0 Å². The lowest BCUT2D eigenvalue weighted by Crippen LogP contribution is -2.34. The Kier molecular flexibility index (Phi) is 4.43. The van der Waals surface area contributed by atoms with Crippen molar-refractivity contribution in [2.45, 2.75) is 19.4 Å². The van der Waals surface area contributed by atoms with Crippen LogP contribution in [0.5, 0.6) is 5.75 Å². The number of methoxy groups -OCH3 is 1. The van der Waals surface area contributed by atoms with Crippen molar-refractivity contribution >= 4 is 5.91 Å². The van der Waals surface area contributed by atoms with Gasteiger partial charge in [0.05, 0.1) is 7.11 Å². The van der Waals surface area contributed by atoms with Gasteiger partial charge in [0.15, 0.2) is 0 Å². The molecule has 0 aliphatic carbocycles. The van der Waals surface area contributed by atoms with E-state index in [0.717, 1.165) is 31.8 Å². The molecule has 0 aromatic heterocycles. The lowest BCUT2D eigenvalue weighted by molar-refractivity contribution is -0.129. The first-order valence-electron chi connectivity index (χ1n) is 6.68. The van der Waals surface area contributed by atoms with Crippen molar-refractivity contribution in [3.05, 3.63) is 29.3 Å². The van der Waals surface area contributed by atoms with Gasteiger partial charge in [-0.15, -0.1) is 0 Å². The number of ether oxygens (including phenoxy) is 1. The van der Waals surface area contributed by atoms with Crippen LogP contribution < -0.4 is 4.74 Å². The van der Waals surface area contributed by atoms with Crippen LogP contribution in [0, 0.1) is 0 Å². The minimum absolute atomic E-state index is 0.191. The van der Waals surface area contributed by atoms with Crippen molar-refractivity contribution in [1.82, 2.24) is 9.80 Å². The van der Waals surface area contributed by atoms with Gasteiger partial charge in [-0.05, 0) is 29.7 Å². The summed E-state index contributed by atoms with van der Waals surface area (Å²) in [5.41, 5.74) is 2.72. The highest BCUT2D eigenvalue weighted by atomic mass is 16.5. The largest absolute Gasteiger partial charge is 0.497 e. The third-order valence-electron chi connectivity index (χ3n) is 3.65. The van der Waals surface area contributed by atoms with Gasteiger partial charge in [-0.25, -0.2) is 0 Å². The van der Waals surface area contributed by atoms with Gasteiger partial charge in [0, 0.05) is 40.2 Å². The van der Waals surface area contributed by atoms with Crippen LogP contribution in [0.2, 0.25) is 0 Å². The zero-order valence-corrected chi connectivity index (χ0v) is 12.0. The number of carbonyl (C=O) groups excluding carboxylic acids is 1. The van der Waals surface area contributed by atoms with Gasteiger partial charge in [0.2, 0.25) is 5.91 Å². The molecule has 2 rings (SSSR count). The van der Waals surface area contributed by atoms with E-state index in [2.05, 4.69) is 17.0 Å². The van der Waals surface area contributed by atoms with Crippen molar-refractivity contribution in [2.75, 3.05) is 34.3 Å². The van der Waals surface area contributed by atoms with Crippen LogP contribution in [0.1, 0.15) is 17.5 Å². The van der Waals surface area contributed by atoms with Crippen LogP contribution in [0.3, 0.4) is 0 Å². The molecule has 0 saturated carbocycles. The Hall–Kier alpha value is -1.55. The molecule has 4 heteroatoms. The average molecular weight is 262 g/mol. The minimum atomic E-state index is 0.191. The van der Waals surface area contributed by atoms with E-state index in [0.29, 0.717) is 6.42 Å². The van der Waals surface area contributed by atoms with Crippen LogP contribution in [0.15, 0.2) is 18.2 Å². The van der Waals surface area contributed by atoms with Crippen LogP contribution in [0.4, 0.5) is 0 Å². The predicted molar refractivity (Wildman–Crippen MR) is 75.3 cm³/mol. The maximum absolute atomic E-state index is 11.6. The molecule has 0 bridgehead atoms. The van der Waals surface area contributed by atoms with Crippen molar-refractivity contribution in [1.29, 1.82) is 0 Å². The Morgan fingerprint density at radius 1 is 1.37 bits per heavy atom. The molecule has 0 atom stereocenters. The Labute approximate surface area is 115 Å². The van der Waals surface area contributed by atoms with Gasteiger partial charge in [0.25, 0.3) is 0 Å². The standard InChI is InChI=1S/C15H22N2O2/c1-16(2)15(18)7-9-17-8-6-12-4-5-14(19-3)10-13(12)11-17/h4-5,10H,6-9,11H2,1-3H3. The Morgan fingerprint density at radius 2 is 2.16 bits per heavy atom. The van der Waals surface area contributed by atoms with Crippen molar-refractivity contribution < 1.29 is 9.53 Å². The maximum Gasteiger partial charge on any atom is 0.223 e.